The zero-order valence-corrected chi connectivity index (χ0v) is 12.5. The minimum atomic E-state index is 0.454. The van der Waals surface area contributed by atoms with Gasteiger partial charge in [-0.2, -0.15) is 0 Å². The highest BCUT2D eigenvalue weighted by molar-refractivity contribution is 5.18. The topological polar surface area (TPSA) is 43.4 Å². The van der Waals surface area contributed by atoms with Crippen molar-refractivity contribution >= 4 is 0 Å². The first kappa shape index (κ1) is 15.9. The Labute approximate surface area is 116 Å². The third kappa shape index (κ3) is 5.57. The zero-order chi connectivity index (χ0) is 14.1. The van der Waals surface area contributed by atoms with Gasteiger partial charge in [-0.25, -0.2) is 4.98 Å². The van der Waals surface area contributed by atoms with Gasteiger partial charge in [-0.15, -0.1) is 0 Å². The maximum absolute atomic E-state index is 5.16. The van der Waals surface area contributed by atoms with Crippen molar-refractivity contribution in [2.45, 2.75) is 32.7 Å². The van der Waals surface area contributed by atoms with Gasteiger partial charge in [-0.3, -0.25) is 0 Å². The molecule has 2 unspecified atom stereocenters. The number of aromatic nitrogens is 1. The summed E-state index contributed by atoms with van der Waals surface area (Å²) in [5.41, 5.74) is 1.23. The Morgan fingerprint density at radius 3 is 2.63 bits per heavy atom. The van der Waals surface area contributed by atoms with Crippen LogP contribution in [-0.2, 0) is 11.2 Å². The molecule has 0 saturated carbocycles. The molecular formula is C15H26N2O2. The fourth-order valence-corrected chi connectivity index (χ4v) is 2.15. The van der Waals surface area contributed by atoms with Crippen molar-refractivity contribution in [1.82, 2.24) is 10.3 Å². The van der Waals surface area contributed by atoms with Crippen molar-refractivity contribution in [3.8, 4) is 5.88 Å². The molecule has 0 radical (unpaired) electrons. The largest absolute Gasteiger partial charge is 0.481 e. The second kappa shape index (κ2) is 8.88. The maximum atomic E-state index is 5.16. The Balaban J connectivity index is 2.60. The molecule has 0 aliphatic carbocycles. The van der Waals surface area contributed by atoms with Crippen LogP contribution in [0.1, 0.15) is 25.8 Å². The highest BCUT2D eigenvalue weighted by Gasteiger charge is 2.16. The molecule has 1 heterocycles. The zero-order valence-electron chi connectivity index (χ0n) is 12.5. The Bertz CT molecular complexity index is 341. The number of nitrogens with zero attached hydrogens (tertiary/aromatic N) is 1. The summed E-state index contributed by atoms with van der Waals surface area (Å²) in [5.74, 6) is 1.23. The van der Waals surface area contributed by atoms with Crippen LogP contribution in [0.5, 0.6) is 5.88 Å². The molecule has 0 saturated heterocycles. The molecule has 4 nitrogen and oxygen atoms in total. The van der Waals surface area contributed by atoms with E-state index >= 15 is 0 Å². The minimum Gasteiger partial charge on any atom is -0.481 e. The van der Waals surface area contributed by atoms with Gasteiger partial charge in [0.2, 0.25) is 5.88 Å². The third-order valence-corrected chi connectivity index (χ3v) is 3.39. The van der Waals surface area contributed by atoms with Crippen LogP contribution in [0.4, 0.5) is 0 Å². The molecule has 4 heteroatoms. The van der Waals surface area contributed by atoms with Gasteiger partial charge in [-0.1, -0.05) is 19.9 Å². The Morgan fingerprint density at radius 2 is 2.11 bits per heavy atom. The summed E-state index contributed by atoms with van der Waals surface area (Å²) < 4.78 is 10.2. The van der Waals surface area contributed by atoms with Crippen LogP contribution in [0.15, 0.2) is 18.3 Å². The molecule has 1 aromatic heterocycles. The van der Waals surface area contributed by atoms with E-state index in [1.165, 1.54) is 5.56 Å². The Hall–Kier alpha value is -1.13. The molecule has 0 aliphatic heterocycles. The van der Waals surface area contributed by atoms with Crippen LogP contribution < -0.4 is 10.1 Å². The fourth-order valence-electron chi connectivity index (χ4n) is 2.15. The molecule has 1 rings (SSSR count). The van der Waals surface area contributed by atoms with Gasteiger partial charge in [0.05, 0.1) is 7.11 Å². The highest BCUT2D eigenvalue weighted by Crippen LogP contribution is 2.15. The molecule has 0 aliphatic rings. The number of hydrogen-bond donors (Lipinski definition) is 1. The van der Waals surface area contributed by atoms with E-state index in [0.29, 0.717) is 17.8 Å². The van der Waals surface area contributed by atoms with Crippen LogP contribution >= 0.6 is 0 Å². The lowest BCUT2D eigenvalue weighted by Gasteiger charge is -2.24. The first-order valence-corrected chi connectivity index (χ1v) is 6.92. The molecule has 1 N–H and O–H groups in total. The molecular weight excluding hydrogens is 240 g/mol. The van der Waals surface area contributed by atoms with E-state index in [9.17, 15) is 0 Å². The monoisotopic (exact) mass is 266 g/mol. The van der Waals surface area contributed by atoms with Gasteiger partial charge in [-0.05, 0) is 30.9 Å². The van der Waals surface area contributed by atoms with Crippen molar-refractivity contribution in [2.75, 3.05) is 27.4 Å². The van der Waals surface area contributed by atoms with Crippen molar-refractivity contribution in [2.24, 2.45) is 5.92 Å². The summed E-state index contributed by atoms with van der Waals surface area (Å²) >= 11 is 0. The Kier molecular flexibility index (Phi) is 7.45. The van der Waals surface area contributed by atoms with Gasteiger partial charge < -0.3 is 14.8 Å². The number of hydrogen-bond acceptors (Lipinski definition) is 4. The lowest BCUT2D eigenvalue weighted by Crippen LogP contribution is -2.37. The van der Waals surface area contributed by atoms with E-state index in [-0.39, 0.29) is 0 Å². The number of methoxy groups -OCH3 is 2. The van der Waals surface area contributed by atoms with E-state index in [1.807, 2.05) is 12.3 Å². The molecule has 0 fully saturated rings. The van der Waals surface area contributed by atoms with Crippen LogP contribution in [0.25, 0.3) is 0 Å². The SMILES string of the molecule is CCNC(Cc1ccc(OC)nc1)C(C)CCOC. The van der Waals surface area contributed by atoms with Crippen LogP contribution in [0.3, 0.4) is 0 Å². The van der Waals surface area contributed by atoms with E-state index in [0.717, 1.165) is 26.0 Å². The predicted octanol–water partition coefficient (Wildman–Crippen LogP) is 2.28. The molecule has 19 heavy (non-hydrogen) atoms. The van der Waals surface area contributed by atoms with Crippen LogP contribution in [0, 0.1) is 5.92 Å². The molecule has 0 aromatic carbocycles. The summed E-state index contributed by atoms with van der Waals surface area (Å²) in [5, 5.41) is 3.55. The van der Waals surface area contributed by atoms with Crippen LogP contribution in [-0.4, -0.2) is 38.4 Å². The van der Waals surface area contributed by atoms with Gasteiger partial charge >= 0.3 is 0 Å². The first-order chi connectivity index (χ1) is 9.21. The molecule has 1 aromatic rings. The summed E-state index contributed by atoms with van der Waals surface area (Å²) in [4.78, 5) is 4.26. The van der Waals surface area contributed by atoms with E-state index < -0.39 is 0 Å². The lowest BCUT2D eigenvalue weighted by molar-refractivity contribution is 0.170. The average Bonchev–Trinajstić information content (AvgIpc) is 2.45. The average molecular weight is 266 g/mol. The van der Waals surface area contributed by atoms with E-state index in [1.54, 1.807) is 14.2 Å². The predicted molar refractivity (Wildman–Crippen MR) is 77.6 cm³/mol. The van der Waals surface area contributed by atoms with Gasteiger partial charge in [0.25, 0.3) is 0 Å². The number of rotatable bonds is 9. The normalized spacial score (nSPS) is 14.1. The van der Waals surface area contributed by atoms with E-state index in [4.69, 9.17) is 9.47 Å². The van der Waals surface area contributed by atoms with Crippen molar-refractivity contribution in [3.05, 3.63) is 23.9 Å². The number of pyridine rings is 1. The first-order valence-electron chi connectivity index (χ1n) is 6.92. The van der Waals surface area contributed by atoms with Gasteiger partial charge in [0.1, 0.15) is 0 Å². The summed E-state index contributed by atoms with van der Waals surface area (Å²) in [6, 6.07) is 4.45. The molecule has 2 atom stereocenters. The molecule has 0 amide bonds. The number of nitrogens with one attached hydrogen (secondary N) is 1. The van der Waals surface area contributed by atoms with E-state index in [2.05, 4.69) is 30.2 Å². The summed E-state index contributed by atoms with van der Waals surface area (Å²) in [6.07, 6.45) is 3.94. The van der Waals surface area contributed by atoms with Gasteiger partial charge in [0, 0.05) is 32.0 Å². The van der Waals surface area contributed by atoms with Crippen molar-refractivity contribution in [3.63, 3.8) is 0 Å². The standard InChI is InChI=1S/C15H26N2O2/c1-5-16-14(12(2)8-9-18-3)10-13-6-7-15(19-4)17-11-13/h6-7,11-12,14,16H,5,8-10H2,1-4H3. The Morgan fingerprint density at radius 1 is 1.32 bits per heavy atom. The fraction of sp³-hybridized carbons (Fsp3) is 0.667. The molecule has 108 valence electrons. The van der Waals surface area contributed by atoms with Crippen molar-refractivity contribution < 1.29 is 9.47 Å². The maximum Gasteiger partial charge on any atom is 0.212 e. The summed E-state index contributed by atoms with van der Waals surface area (Å²) in [6.45, 7) is 6.20. The highest BCUT2D eigenvalue weighted by atomic mass is 16.5. The number of likely N-dealkylation sites (N-methyl/N-ethyl adjacent to an activating group) is 1. The second-order valence-corrected chi connectivity index (χ2v) is 4.84. The number of ether oxygens (including phenoxy) is 2. The summed E-state index contributed by atoms with van der Waals surface area (Å²) in [7, 11) is 3.39. The lowest BCUT2D eigenvalue weighted by atomic mass is 9.93. The molecule has 0 spiro atoms. The third-order valence-electron chi connectivity index (χ3n) is 3.39. The second-order valence-electron chi connectivity index (χ2n) is 4.84. The molecule has 0 bridgehead atoms. The minimum absolute atomic E-state index is 0.454. The smallest absolute Gasteiger partial charge is 0.212 e. The van der Waals surface area contributed by atoms with Gasteiger partial charge in [0.15, 0.2) is 0 Å². The quantitative estimate of drug-likeness (QED) is 0.744. The van der Waals surface area contributed by atoms with Crippen LogP contribution in [0.2, 0.25) is 0 Å². The van der Waals surface area contributed by atoms with Crippen molar-refractivity contribution in [1.29, 1.82) is 0 Å².